The molecule has 1 spiro atoms. The van der Waals surface area contributed by atoms with Crippen LogP contribution >= 0.6 is 0 Å². The van der Waals surface area contributed by atoms with Gasteiger partial charge in [0.25, 0.3) is 0 Å². The van der Waals surface area contributed by atoms with Gasteiger partial charge in [0.15, 0.2) is 0 Å². The molecule has 6 aromatic carbocycles. The standard InChI is InChI=1S/C41H26O/c1-2-3-13-32-28-16-6-10-22-36(28)41(34-20-8-4-14-26(34)27-15-5-9-21-35(27)41)40(32)33-24-25-38-39-30(18-12-19-31(33)39)29-17-7-11-23-37(29)42-38/h2-25H,1H2/b13-3-. The second kappa shape index (κ2) is 8.55. The van der Waals surface area contributed by atoms with Gasteiger partial charge in [-0.25, -0.2) is 0 Å². The quantitative estimate of drug-likeness (QED) is 0.205. The molecule has 0 aromatic heterocycles. The lowest BCUT2D eigenvalue weighted by molar-refractivity contribution is 0.487. The molecule has 0 saturated heterocycles. The molecule has 0 saturated carbocycles. The largest absolute Gasteiger partial charge is 0.456 e. The first-order chi connectivity index (χ1) is 20.8. The monoisotopic (exact) mass is 534 g/mol. The number of allylic oxidation sites excluding steroid dienone is 5. The molecule has 9 rings (SSSR count). The maximum atomic E-state index is 6.51. The maximum absolute atomic E-state index is 6.51. The molecule has 1 heteroatoms. The Morgan fingerprint density at radius 2 is 1.10 bits per heavy atom. The van der Waals surface area contributed by atoms with Crippen molar-refractivity contribution in [1.82, 2.24) is 0 Å². The number of hydrogen-bond acceptors (Lipinski definition) is 1. The van der Waals surface area contributed by atoms with Gasteiger partial charge in [0.05, 0.1) is 5.41 Å². The minimum Gasteiger partial charge on any atom is -0.456 e. The summed E-state index contributed by atoms with van der Waals surface area (Å²) in [7, 11) is 0. The fourth-order valence-electron chi connectivity index (χ4n) is 7.79. The molecule has 0 fully saturated rings. The van der Waals surface area contributed by atoms with Crippen molar-refractivity contribution in [1.29, 1.82) is 0 Å². The first-order valence-corrected chi connectivity index (χ1v) is 14.5. The fraction of sp³-hybridized carbons (Fsp3) is 0.0244. The van der Waals surface area contributed by atoms with Crippen molar-refractivity contribution >= 4 is 21.9 Å². The highest BCUT2D eigenvalue weighted by molar-refractivity contribution is 6.18. The average molecular weight is 535 g/mol. The van der Waals surface area contributed by atoms with Crippen LogP contribution in [0.25, 0.3) is 44.2 Å². The van der Waals surface area contributed by atoms with E-state index in [1.807, 2.05) is 12.1 Å². The van der Waals surface area contributed by atoms with Crippen molar-refractivity contribution in [3.63, 3.8) is 0 Å². The summed E-state index contributed by atoms with van der Waals surface area (Å²) in [5.74, 6) is 1.81. The Kier molecular flexibility index (Phi) is 4.75. The molecule has 6 aromatic rings. The third-order valence-corrected chi connectivity index (χ3v) is 9.29. The third-order valence-electron chi connectivity index (χ3n) is 9.29. The van der Waals surface area contributed by atoms with Crippen LogP contribution in [0.1, 0.15) is 27.8 Å². The molecule has 0 unspecified atom stereocenters. The van der Waals surface area contributed by atoms with Gasteiger partial charge in [-0.15, -0.1) is 0 Å². The van der Waals surface area contributed by atoms with E-state index in [9.17, 15) is 0 Å². The van der Waals surface area contributed by atoms with E-state index >= 15 is 0 Å². The first-order valence-electron chi connectivity index (χ1n) is 14.5. The number of rotatable bonds is 3. The molecule has 1 aliphatic heterocycles. The SMILES string of the molecule is C=C/C=C\C1=C(c2ccc3c4c(cccc24)-c2ccccc2O3)C2(c3ccccc31)c1ccccc1-c1ccccc12. The van der Waals surface area contributed by atoms with Gasteiger partial charge in [0, 0.05) is 10.9 Å². The average Bonchev–Trinajstić information content (AvgIpc) is 3.51. The van der Waals surface area contributed by atoms with E-state index in [1.165, 1.54) is 66.4 Å². The van der Waals surface area contributed by atoms with Crippen molar-refractivity contribution in [2.75, 3.05) is 0 Å². The van der Waals surface area contributed by atoms with Gasteiger partial charge in [-0.2, -0.15) is 0 Å². The summed E-state index contributed by atoms with van der Waals surface area (Å²) in [6.45, 7) is 4.02. The molecule has 0 amide bonds. The number of benzene rings is 6. The Morgan fingerprint density at radius 3 is 1.81 bits per heavy atom. The topological polar surface area (TPSA) is 9.23 Å². The number of para-hydroxylation sites is 1. The van der Waals surface area contributed by atoms with E-state index < -0.39 is 5.41 Å². The van der Waals surface area contributed by atoms with Gasteiger partial charge in [-0.1, -0.05) is 140 Å². The predicted octanol–water partition coefficient (Wildman–Crippen LogP) is 10.6. The van der Waals surface area contributed by atoms with Gasteiger partial charge in [0.2, 0.25) is 0 Å². The lowest BCUT2D eigenvalue weighted by atomic mass is 9.67. The Morgan fingerprint density at radius 1 is 0.500 bits per heavy atom. The van der Waals surface area contributed by atoms with Crippen LogP contribution < -0.4 is 4.74 Å². The van der Waals surface area contributed by atoms with E-state index in [0.29, 0.717) is 0 Å². The van der Waals surface area contributed by atoms with Crippen molar-refractivity contribution in [3.8, 4) is 33.8 Å². The van der Waals surface area contributed by atoms with Crippen LogP contribution in [0.2, 0.25) is 0 Å². The summed E-state index contributed by atoms with van der Waals surface area (Å²) in [5.41, 5.74) is 13.5. The molecule has 0 radical (unpaired) electrons. The number of fused-ring (bicyclic) bond motifs is 9. The molecule has 1 heterocycles. The summed E-state index contributed by atoms with van der Waals surface area (Å²) in [6, 6.07) is 46.3. The second-order valence-electron chi connectivity index (χ2n) is 11.2. The predicted molar refractivity (Wildman–Crippen MR) is 174 cm³/mol. The molecule has 196 valence electrons. The molecule has 0 N–H and O–H groups in total. The van der Waals surface area contributed by atoms with Crippen molar-refractivity contribution in [2.45, 2.75) is 5.41 Å². The van der Waals surface area contributed by atoms with Crippen LogP contribution in [-0.4, -0.2) is 0 Å². The summed E-state index contributed by atoms with van der Waals surface area (Å²) in [5, 5.41) is 2.37. The van der Waals surface area contributed by atoms with E-state index in [1.54, 1.807) is 0 Å². The zero-order valence-electron chi connectivity index (χ0n) is 23.0. The molecular formula is C41H26O. The summed E-state index contributed by atoms with van der Waals surface area (Å²) in [6.07, 6.45) is 6.19. The van der Waals surface area contributed by atoms with Crippen molar-refractivity contribution < 1.29 is 4.74 Å². The minimum absolute atomic E-state index is 0.460. The Bertz CT molecular complexity index is 2150. The van der Waals surface area contributed by atoms with Gasteiger partial charge >= 0.3 is 0 Å². The number of ether oxygens (including phenoxy) is 1. The molecular weight excluding hydrogens is 508 g/mol. The van der Waals surface area contributed by atoms with Crippen LogP contribution in [0, 0.1) is 0 Å². The Balaban J connectivity index is 1.47. The van der Waals surface area contributed by atoms with Gasteiger partial charge < -0.3 is 4.74 Å². The zero-order chi connectivity index (χ0) is 27.8. The molecule has 3 aliphatic rings. The van der Waals surface area contributed by atoms with Crippen molar-refractivity contribution in [3.05, 3.63) is 180 Å². The lowest BCUT2D eigenvalue weighted by Crippen LogP contribution is -2.26. The summed E-state index contributed by atoms with van der Waals surface area (Å²) in [4.78, 5) is 0. The molecule has 0 atom stereocenters. The Hall–Kier alpha value is -5.40. The van der Waals surface area contributed by atoms with Gasteiger partial charge in [-0.3, -0.25) is 0 Å². The maximum Gasteiger partial charge on any atom is 0.135 e. The lowest BCUT2D eigenvalue weighted by Gasteiger charge is -2.34. The normalized spacial score (nSPS) is 15.0. The molecule has 1 nitrogen and oxygen atoms in total. The second-order valence-corrected chi connectivity index (χ2v) is 11.2. The van der Waals surface area contributed by atoms with Crippen LogP contribution in [0.3, 0.4) is 0 Å². The van der Waals surface area contributed by atoms with Crippen LogP contribution in [0.15, 0.2) is 152 Å². The summed E-state index contributed by atoms with van der Waals surface area (Å²) < 4.78 is 6.51. The molecule has 2 aliphatic carbocycles. The van der Waals surface area contributed by atoms with Gasteiger partial charge in [0.1, 0.15) is 11.5 Å². The molecule has 42 heavy (non-hydrogen) atoms. The van der Waals surface area contributed by atoms with Crippen LogP contribution in [0.5, 0.6) is 11.5 Å². The summed E-state index contributed by atoms with van der Waals surface area (Å²) >= 11 is 0. The molecule has 0 bridgehead atoms. The minimum atomic E-state index is -0.460. The van der Waals surface area contributed by atoms with Gasteiger partial charge in [-0.05, 0) is 73.2 Å². The van der Waals surface area contributed by atoms with E-state index in [2.05, 4.69) is 140 Å². The van der Waals surface area contributed by atoms with E-state index in [-0.39, 0.29) is 0 Å². The van der Waals surface area contributed by atoms with Crippen molar-refractivity contribution in [2.24, 2.45) is 0 Å². The highest BCUT2D eigenvalue weighted by atomic mass is 16.5. The third kappa shape index (κ3) is 2.82. The highest BCUT2D eigenvalue weighted by Gasteiger charge is 2.53. The smallest absolute Gasteiger partial charge is 0.135 e. The number of hydrogen-bond donors (Lipinski definition) is 0. The zero-order valence-corrected chi connectivity index (χ0v) is 23.0. The van der Waals surface area contributed by atoms with Crippen LogP contribution in [0.4, 0.5) is 0 Å². The van der Waals surface area contributed by atoms with E-state index in [0.717, 1.165) is 17.1 Å². The van der Waals surface area contributed by atoms with Crippen LogP contribution in [-0.2, 0) is 5.41 Å². The fourth-order valence-corrected chi connectivity index (χ4v) is 7.79. The highest BCUT2D eigenvalue weighted by Crippen LogP contribution is 2.65. The van der Waals surface area contributed by atoms with E-state index in [4.69, 9.17) is 4.74 Å². The first kappa shape index (κ1) is 23.3. The Labute approximate surface area is 245 Å².